The fourth-order valence-corrected chi connectivity index (χ4v) is 19.3. The number of hydrogen-bond acceptors (Lipinski definition) is 0. The zero-order valence-corrected chi connectivity index (χ0v) is 56.2. The van der Waals surface area contributed by atoms with Crippen molar-refractivity contribution < 1.29 is 16.8 Å². The second kappa shape index (κ2) is 34.7. The Hall–Kier alpha value is 0.690. The van der Waals surface area contributed by atoms with Crippen molar-refractivity contribution in [3.05, 3.63) is 106 Å². The lowest BCUT2D eigenvalue weighted by atomic mass is 9.77. The largest absolute Gasteiger partial charge is 0.389 e. The summed E-state index contributed by atoms with van der Waals surface area (Å²) >= 11 is 24.4. The van der Waals surface area contributed by atoms with Gasteiger partial charge in [-0.15, -0.1) is 0 Å². The van der Waals surface area contributed by atoms with Crippen LogP contribution in [0.1, 0.15) is 193 Å². The second-order valence-corrected chi connectivity index (χ2v) is 47.6. The lowest BCUT2D eigenvalue weighted by molar-refractivity contribution is 0.234. The number of benzene rings is 3. The molecular weight excluding hydrogens is 1090 g/mol. The highest BCUT2D eigenvalue weighted by molar-refractivity contribution is 8.17. The molecule has 0 atom stereocenters. The van der Waals surface area contributed by atoms with Crippen LogP contribution in [0.15, 0.2) is 72.8 Å². The van der Waals surface area contributed by atoms with Crippen LogP contribution in [0.5, 0.6) is 0 Å². The summed E-state index contributed by atoms with van der Waals surface area (Å²) in [7, 11) is -7.90. The Bertz CT molecular complexity index is 1750. The maximum Gasteiger partial charge on any atom is 0.389 e. The molecule has 0 saturated heterocycles. The zero-order chi connectivity index (χ0) is 56.0. The van der Waals surface area contributed by atoms with E-state index in [1.807, 2.05) is 37.6 Å². The van der Waals surface area contributed by atoms with Crippen molar-refractivity contribution in [2.75, 3.05) is 57.5 Å². The predicted molar refractivity (Wildman–Crippen MR) is 341 cm³/mol. The lowest BCUT2D eigenvalue weighted by Gasteiger charge is -2.30. The van der Waals surface area contributed by atoms with E-state index in [2.05, 4.69) is 139 Å². The van der Waals surface area contributed by atoms with Gasteiger partial charge in [0, 0.05) is 7.26 Å². The van der Waals surface area contributed by atoms with E-state index in [1.165, 1.54) is 85.4 Å². The van der Waals surface area contributed by atoms with Crippen molar-refractivity contribution in [2.45, 2.75) is 178 Å². The van der Waals surface area contributed by atoms with Gasteiger partial charge in [-0.25, -0.2) is 0 Å². The van der Waals surface area contributed by atoms with E-state index in [4.69, 9.17) is 45.0 Å². The van der Waals surface area contributed by atoms with E-state index >= 15 is 0 Å². The fourth-order valence-electron chi connectivity index (χ4n) is 10.0. The molecule has 0 N–H and O–H groups in total. The van der Waals surface area contributed by atoms with Gasteiger partial charge in [0.2, 0.25) is 11.9 Å². The van der Waals surface area contributed by atoms with Gasteiger partial charge in [-0.2, -0.15) is 0 Å². The number of rotatable bonds is 18. The standard InChI is InChI=1S/C16H28P.C11H22Cl2P.C11H16Cl2P.C11H22F2P.C11H16F2P/c1-6-17(7-2,8-3)13-15-9-11-16(12-10-15)14(4)5;4*1-9(2)11-6-4-10(5-7-11)8-14(3,12)13/h9-12,14H,6-8,13H2,1-5H3;9-11H,4-8H2,1-3H3;4-7,9H,8H2,1-3H3;9-11H,4-8H2,1-3H3;4-7,9H,8H2,1-3H3/q5*+1. The molecule has 0 aliphatic heterocycles. The molecule has 0 unspecified atom stereocenters. The lowest BCUT2D eigenvalue weighted by Crippen LogP contribution is -2.20. The van der Waals surface area contributed by atoms with Crippen LogP contribution in [0.3, 0.4) is 0 Å². The van der Waals surface area contributed by atoms with E-state index in [-0.39, 0.29) is 12.3 Å². The maximum absolute atomic E-state index is 12.9. The van der Waals surface area contributed by atoms with Gasteiger partial charge in [-0.05, 0) is 176 Å². The topological polar surface area (TPSA) is 0 Å². The minimum absolute atomic E-state index is 0.0641. The van der Waals surface area contributed by atoms with E-state index in [1.54, 1.807) is 5.56 Å². The monoisotopic (exact) mass is 1200 g/mol. The first-order valence-corrected chi connectivity index (χ1v) is 43.1. The summed E-state index contributed by atoms with van der Waals surface area (Å²) in [6, 6.07) is 25.4. The molecule has 73 heavy (non-hydrogen) atoms. The quantitative estimate of drug-likeness (QED) is 0.0880. The Morgan fingerprint density at radius 2 is 0.685 bits per heavy atom. The molecule has 0 aromatic heterocycles. The first-order chi connectivity index (χ1) is 33.6. The van der Waals surface area contributed by atoms with Crippen molar-refractivity contribution in [3.8, 4) is 0 Å². The van der Waals surface area contributed by atoms with Crippen LogP contribution in [0.25, 0.3) is 0 Å². The van der Waals surface area contributed by atoms with Gasteiger partial charge in [-0.1, -0.05) is 142 Å². The summed E-state index contributed by atoms with van der Waals surface area (Å²) in [5.74, 6) is 2.81. The van der Waals surface area contributed by atoms with Crippen LogP contribution in [-0.2, 0) is 18.5 Å². The summed E-state index contributed by atoms with van der Waals surface area (Å²) in [6.07, 6.45) is 17.4. The maximum atomic E-state index is 12.9. The number of halogens is 8. The van der Waals surface area contributed by atoms with E-state index in [0.29, 0.717) is 23.7 Å². The highest BCUT2D eigenvalue weighted by atomic mass is 35.9. The number of hydrogen-bond donors (Lipinski definition) is 0. The molecule has 13 heteroatoms. The van der Waals surface area contributed by atoms with Gasteiger partial charge in [-0.3, -0.25) is 0 Å². The Morgan fingerprint density at radius 3 is 0.918 bits per heavy atom. The highest BCUT2D eigenvalue weighted by Gasteiger charge is 2.39. The van der Waals surface area contributed by atoms with Crippen molar-refractivity contribution in [1.82, 2.24) is 0 Å². The van der Waals surface area contributed by atoms with Gasteiger partial charge in [0.15, 0.2) is 0 Å². The Balaban J connectivity index is 0.000000457. The molecule has 3 aromatic carbocycles. The Labute approximate surface area is 470 Å². The smallest absolute Gasteiger partial charge is 0.0625 e. The molecule has 0 nitrogen and oxygen atoms in total. The summed E-state index contributed by atoms with van der Waals surface area (Å²) in [5.41, 5.74) is 7.55. The van der Waals surface area contributed by atoms with Crippen molar-refractivity contribution in [2.24, 2.45) is 35.5 Å². The third-order valence-corrected chi connectivity index (χ3v) is 26.0. The predicted octanol–water partition coefficient (Wildman–Crippen LogP) is 25.6. The molecule has 2 aliphatic rings. The molecule has 5 rings (SSSR count). The minimum Gasteiger partial charge on any atom is -0.0625 e. The minimum atomic E-state index is -3.68. The first kappa shape index (κ1) is 71.7. The summed E-state index contributed by atoms with van der Waals surface area (Å²) in [5, 5.41) is 0. The molecule has 2 saturated carbocycles. The van der Waals surface area contributed by atoms with Crippen molar-refractivity contribution in [3.63, 3.8) is 0 Å². The molecule has 0 radical (unpaired) electrons. The zero-order valence-electron chi connectivity index (χ0n) is 48.7. The van der Waals surface area contributed by atoms with Gasteiger partial charge in [0.05, 0.1) is 44.1 Å². The average molecular weight is 1200 g/mol. The second-order valence-electron chi connectivity index (χ2n) is 23.7. The average Bonchev–Trinajstić information content (AvgIpc) is 3.28. The molecule has 420 valence electrons. The van der Waals surface area contributed by atoms with Gasteiger partial charge in [0.25, 0.3) is 0 Å². The molecule has 0 heterocycles. The fraction of sp³-hybridized carbons (Fsp3) is 0.700. The molecule has 0 spiro atoms. The summed E-state index contributed by atoms with van der Waals surface area (Å²) < 4.78 is 51.3. The molecule has 3 aromatic rings. The molecule has 2 fully saturated rings. The molecule has 2 aliphatic carbocycles. The van der Waals surface area contributed by atoms with Gasteiger partial charge < -0.3 is 0 Å². The van der Waals surface area contributed by atoms with Crippen LogP contribution < -0.4 is 0 Å². The summed E-state index contributed by atoms with van der Waals surface area (Å²) in [6.45, 7) is 35.5. The molecule has 0 amide bonds. The third kappa shape index (κ3) is 33.1. The molecular formula is C60H104Cl4F4P5+5. The van der Waals surface area contributed by atoms with Crippen LogP contribution in [-0.4, -0.2) is 57.5 Å². The third-order valence-electron chi connectivity index (χ3n) is 15.2. The first-order valence-electron chi connectivity index (χ1n) is 27.7. The van der Waals surface area contributed by atoms with Crippen molar-refractivity contribution in [1.29, 1.82) is 0 Å². The van der Waals surface area contributed by atoms with Crippen LogP contribution in [0.4, 0.5) is 16.8 Å². The van der Waals surface area contributed by atoms with E-state index in [9.17, 15) is 16.8 Å². The normalized spacial score (nSPS) is 18.8. The SMILES string of the molecule is CC(C)C1CCC(C[P+](C)(Cl)Cl)CC1.CC(C)C1CCC(C[P+](C)(F)F)CC1.CC(C)c1ccc(C[P+](C)(Cl)Cl)cc1.CC(C)c1ccc(C[P+](C)(F)F)cc1.CC[P+](CC)(CC)Cc1ccc(C(C)C)cc1. The van der Waals surface area contributed by atoms with Gasteiger partial charge in [0.1, 0.15) is 76.8 Å². The van der Waals surface area contributed by atoms with Gasteiger partial charge >= 0.3 is 15.8 Å². The van der Waals surface area contributed by atoms with E-state index in [0.717, 1.165) is 73.6 Å². The Morgan fingerprint density at radius 1 is 0.397 bits per heavy atom. The van der Waals surface area contributed by atoms with Crippen molar-refractivity contribution >= 4 is 79.9 Å². The highest BCUT2D eigenvalue weighted by Crippen LogP contribution is 2.69. The van der Waals surface area contributed by atoms with Crippen LogP contribution >= 0.6 is 79.9 Å². The van der Waals surface area contributed by atoms with Crippen LogP contribution in [0.2, 0.25) is 0 Å². The summed E-state index contributed by atoms with van der Waals surface area (Å²) in [4.78, 5) is 0. The molecule has 0 bridgehead atoms. The van der Waals surface area contributed by atoms with Crippen LogP contribution in [0, 0.1) is 35.5 Å². The van der Waals surface area contributed by atoms with E-state index < -0.39 is 35.0 Å². The Kier molecular flexibility index (Phi) is 34.1.